The Bertz CT molecular complexity index is 713. The first-order valence-corrected chi connectivity index (χ1v) is 5.61. The van der Waals surface area contributed by atoms with Gasteiger partial charge in [0.15, 0.2) is 7.85 Å². The molecule has 1 aromatic carbocycles. The zero-order valence-corrected chi connectivity index (χ0v) is 9.83. The SMILES string of the molecule is Bc1ccc(-c2cc3ccncc3cc2O)nn1. The Morgan fingerprint density at radius 2 is 1.89 bits per heavy atom. The van der Waals surface area contributed by atoms with Crippen molar-refractivity contribution in [2.75, 3.05) is 0 Å². The van der Waals surface area contributed by atoms with Crippen LogP contribution in [0.2, 0.25) is 0 Å². The van der Waals surface area contributed by atoms with Crippen molar-refractivity contribution in [2.45, 2.75) is 0 Å². The fourth-order valence-electron chi connectivity index (χ4n) is 1.87. The summed E-state index contributed by atoms with van der Waals surface area (Å²) >= 11 is 0. The Kier molecular flexibility index (Phi) is 2.44. The minimum Gasteiger partial charge on any atom is -0.507 e. The molecule has 0 aliphatic heterocycles. The molecule has 0 fully saturated rings. The minimum atomic E-state index is 0.189. The minimum absolute atomic E-state index is 0.189. The van der Waals surface area contributed by atoms with Crippen LogP contribution < -0.4 is 5.59 Å². The molecule has 0 atom stereocenters. The predicted molar refractivity (Wildman–Crippen MR) is 72.6 cm³/mol. The molecule has 0 saturated carbocycles. The van der Waals surface area contributed by atoms with Gasteiger partial charge in [-0.3, -0.25) is 4.98 Å². The third-order valence-corrected chi connectivity index (χ3v) is 2.83. The van der Waals surface area contributed by atoms with Gasteiger partial charge in [0.05, 0.1) is 5.69 Å². The number of fused-ring (bicyclic) bond motifs is 1. The largest absolute Gasteiger partial charge is 0.507 e. The lowest BCUT2D eigenvalue weighted by molar-refractivity contribution is 0.478. The summed E-state index contributed by atoms with van der Waals surface area (Å²) in [4.78, 5) is 4.03. The lowest BCUT2D eigenvalue weighted by Crippen LogP contribution is -2.09. The van der Waals surface area contributed by atoms with Crippen LogP contribution in [-0.2, 0) is 0 Å². The van der Waals surface area contributed by atoms with Crippen LogP contribution in [0.4, 0.5) is 0 Å². The maximum atomic E-state index is 10.0. The van der Waals surface area contributed by atoms with Gasteiger partial charge in [-0.1, -0.05) is 0 Å². The highest BCUT2D eigenvalue weighted by Gasteiger charge is 2.08. The van der Waals surface area contributed by atoms with E-state index in [1.54, 1.807) is 18.5 Å². The van der Waals surface area contributed by atoms with E-state index in [0.717, 1.165) is 16.4 Å². The van der Waals surface area contributed by atoms with Gasteiger partial charge >= 0.3 is 0 Å². The molecular formula is C13H10BN3O. The Morgan fingerprint density at radius 3 is 2.67 bits per heavy atom. The molecule has 0 spiro atoms. The maximum absolute atomic E-state index is 10.0. The summed E-state index contributed by atoms with van der Waals surface area (Å²) in [5, 5.41) is 20.0. The predicted octanol–water partition coefficient (Wildman–Crippen LogP) is 0.656. The van der Waals surface area contributed by atoms with Crippen LogP contribution in [-0.4, -0.2) is 28.1 Å². The fraction of sp³-hybridized carbons (Fsp3) is 0. The quantitative estimate of drug-likeness (QED) is 0.629. The van der Waals surface area contributed by atoms with Gasteiger partial charge in [0.2, 0.25) is 0 Å². The number of phenols is 1. The van der Waals surface area contributed by atoms with Crippen LogP contribution >= 0.6 is 0 Å². The zero-order valence-electron chi connectivity index (χ0n) is 9.83. The monoisotopic (exact) mass is 235 g/mol. The van der Waals surface area contributed by atoms with Gasteiger partial charge in [0, 0.05) is 28.9 Å². The van der Waals surface area contributed by atoms with E-state index >= 15 is 0 Å². The summed E-state index contributed by atoms with van der Waals surface area (Å²) in [5.41, 5.74) is 2.20. The highest BCUT2D eigenvalue weighted by atomic mass is 16.3. The second-order valence-electron chi connectivity index (χ2n) is 4.15. The van der Waals surface area contributed by atoms with E-state index in [9.17, 15) is 5.11 Å². The molecule has 1 N–H and O–H groups in total. The van der Waals surface area contributed by atoms with E-state index in [-0.39, 0.29) is 5.75 Å². The van der Waals surface area contributed by atoms with Crippen molar-refractivity contribution in [1.82, 2.24) is 15.2 Å². The van der Waals surface area contributed by atoms with Gasteiger partial charge in [-0.25, -0.2) is 0 Å². The van der Waals surface area contributed by atoms with Crippen molar-refractivity contribution < 1.29 is 5.11 Å². The summed E-state index contributed by atoms with van der Waals surface area (Å²) in [6.45, 7) is 0. The number of nitrogens with zero attached hydrogens (tertiary/aromatic N) is 3. The molecular weight excluding hydrogens is 225 g/mol. The molecule has 0 unspecified atom stereocenters. The van der Waals surface area contributed by atoms with Crippen LogP contribution in [0, 0.1) is 0 Å². The summed E-state index contributed by atoms with van der Waals surface area (Å²) in [7, 11) is 1.88. The molecule has 3 rings (SSSR count). The van der Waals surface area contributed by atoms with Crippen LogP contribution in [0.5, 0.6) is 5.75 Å². The number of aromatic hydroxyl groups is 1. The second kappa shape index (κ2) is 4.11. The molecule has 0 bridgehead atoms. The molecule has 4 nitrogen and oxygen atoms in total. The molecule has 3 aromatic rings. The Morgan fingerprint density at radius 1 is 1.00 bits per heavy atom. The molecule has 0 saturated heterocycles. The summed E-state index contributed by atoms with van der Waals surface area (Å²) in [6.07, 6.45) is 3.45. The average Bonchev–Trinajstić information content (AvgIpc) is 2.39. The summed E-state index contributed by atoms with van der Waals surface area (Å²) < 4.78 is 0. The molecule has 0 amide bonds. The van der Waals surface area contributed by atoms with Gasteiger partial charge in [0.25, 0.3) is 0 Å². The smallest absolute Gasteiger partial charge is 0.166 e. The number of aromatic nitrogens is 3. The molecule has 5 heteroatoms. The van der Waals surface area contributed by atoms with Gasteiger partial charge < -0.3 is 5.11 Å². The van der Waals surface area contributed by atoms with Crippen LogP contribution in [0.3, 0.4) is 0 Å². The van der Waals surface area contributed by atoms with Gasteiger partial charge in [-0.15, -0.1) is 0 Å². The van der Waals surface area contributed by atoms with E-state index in [4.69, 9.17) is 0 Å². The third-order valence-electron chi connectivity index (χ3n) is 2.83. The summed E-state index contributed by atoms with van der Waals surface area (Å²) in [6, 6.07) is 9.22. The molecule has 2 heterocycles. The Labute approximate surface area is 105 Å². The number of pyridine rings is 1. The fourth-order valence-corrected chi connectivity index (χ4v) is 1.87. The first-order valence-electron chi connectivity index (χ1n) is 5.61. The second-order valence-corrected chi connectivity index (χ2v) is 4.15. The van der Waals surface area contributed by atoms with Crippen molar-refractivity contribution in [3.8, 4) is 17.0 Å². The number of phenolic OH excluding ortho intramolecular Hbond substituents is 1. The van der Waals surface area contributed by atoms with Crippen LogP contribution in [0.15, 0.2) is 42.7 Å². The first-order chi connectivity index (χ1) is 8.74. The molecule has 86 valence electrons. The molecule has 2 aromatic heterocycles. The van der Waals surface area contributed by atoms with Crippen molar-refractivity contribution in [3.05, 3.63) is 42.7 Å². The lowest BCUT2D eigenvalue weighted by Gasteiger charge is -2.06. The Hall–Kier alpha value is -2.43. The van der Waals surface area contributed by atoms with E-state index in [1.165, 1.54) is 0 Å². The maximum Gasteiger partial charge on any atom is 0.166 e. The highest BCUT2D eigenvalue weighted by Crippen LogP contribution is 2.31. The number of rotatable bonds is 1. The first kappa shape index (κ1) is 10.7. The topological polar surface area (TPSA) is 58.9 Å². The van der Waals surface area contributed by atoms with E-state index < -0.39 is 0 Å². The molecule has 0 radical (unpaired) electrons. The molecule has 0 aliphatic rings. The zero-order chi connectivity index (χ0) is 12.5. The highest BCUT2D eigenvalue weighted by molar-refractivity contribution is 6.30. The summed E-state index contributed by atoms with van der Waals surface area (Å²) in [5.74, 6) is 0.189. The van der Waals surface area contributed by atoms with Crippen molar-refractivity contribution in [3.63, 3.8) is 0 Å². The average molecular weight is 235 g/mol. The molecule has 0 aliphatic carbocycles. The van der Waals surface area contributed by atoms with E-state index in [2.05, 4.69) is 15.2 Å². The van der Waals surface area contributed by atoms with Crippen molar-refractivity contribution >= 4 is 24.2 Å². The lowest BCUT2D eigenvalue weighted by atomic mass is 10.0. The molecule has 18 heavy (non-hydrogen) atoms. The number of hydrogen-bond donors (Lipinski definition) is 1. The van der Waals surface area contributed by atoms with Gasteiger partial charge in [-0.05, 0) is 35.7 Å². The number of benzene rings is 1. The normalized spacial score (nSPS) is 10.7. The standard InChI is InChI=1S/C13H10BN3O/c14-13-2-1-11(16-17-13)10-5-8-3-4-15-7-9(8)6-12(10)18/h1-7,18H,14H2. The van der Waals surface area contributed by atoms with Crippen LogP contribution in [0.1, 0.15) is 0 Å². The van der Waals surface area contributed by atoms with Crippen molar-refractivity contribution in [2.24, 2.45) is 0 Å². The van der Waals surface area contributed by atoms with Gasteiger partial charge in [0.1, 0.15) is 5.75 Å². The van der Waals surface area contributed by atoms with Crippen molar-refractivity contribution in [1.29, 1.82) is 0 Å². The number of hydrogen-bond acceptors (Lipinski definition) is 4. The van der Waals surface area contributed by atoms with Gasteiger partial charge in [-0.2, -0.15) is 10.2 Å². The Balaban J connectivity index is 2.22. The van der Waals surface area contributed by atoms with E-state index in [0.29, 0.717) is 11.3 Å². The van der Waals surface area contributed by atoms with Crippen LogP contribution in [0.25, 0.3) is 22.0 Å². The van der Waals surface area contributed by atoms with E-state index in [1.807, 2.05) is 32.1 Å². The third kappa shape index (κ3) is 1.80.